The van der Waals surface area contributed by atoms with E-state index in [2.05, 4.69) is 29.3 Å². The van der Waals surface area contributed by atoms with E-state index >= 15 is 0 Å². The Balaban J connectivity index is 1.52. The number of ether oxygens (including phenoxy) is 3. The van der Waals surface area contributed by atoms with E-state index in [1.807, 2.05) is 19.9 Å². The first kappa shape index (κ1) is 14.6. The average molecular weight is 305 g/mol. The largest absolute Gasteiger partial charge is 0.377 e. The van der Waals surface area contributed by atoms with E-state index in [0.717, 1.165) is 6.54 Å². The van der Waals surface area contributed by atoms with Crippen molar-refractivity contribution in [1.82, 2.24) is 5.06 Å². The summed E-state index contributed by atoms with van der Waals surface area (Å²) in [7, 11) is 0. The minimum Gasteiger partial charge on any atom is -0.377 e. The highest BCUT2D eigenvalue weighted by atomic mass is 16.8. The van der Waals surface area contributed by atoms with Crippen LogP contribution in [0.4, 0.5) is 0 Å². The number of benzene rings is 1. The molecule has 5 nitrogen and oxygen atoms in total. The van der Waals surface area contributed by atoms with Gasteiger partial charge in [-0.2, -0.15) is 5.06 Å². The maximum atomic E-state index is 6.24. The van der Waals surface area contributed by atoms with Gasteiger partial charge in [-0.05, 0) is 19.4 Å². The molecular weight excluding hydrogens is 282 g/mol. The molecule has 1 unspecified atom stereocenters. The lowest BCUT2D eigenvalue weighted by Crippen LogP contribution is -2.57. The quantitative estimate of drug-likeness (QED) is 0.835. The summed E-state index contributed by atoms with van der Waals surface area (Å²) in [5.74, 6) is -0.260. The summed E-state index contributed by atoms with van der Waals surface area (Å²) in [5, 5.41) is 2.05. The summed E-state index contributed by atoms with van der Waals surface area (Å²) in [6.45, 7) is 7.20. The van der Waals surface area contributed by atoms with Crippen LogP contribution in [0.25, 0.3) is 0 Å². The van der Waals surface area contributed by atoms with Crippen LogP contribution >= 0.6 is 0 Å². The SMILES string of the molecule is CC1(C)OCC2(COC[C@H]3[C@@H]2CON3Cc2ccccc2)O1. The van der Waals surface area contributed by atoms with Gasteiger partial charge in [-0.3, -0.25) is 4.84 Å². The minimum atomic E-state index is -0.544. The van der Waals surface area contributed by atoms with E-state index in [1.165, 1.54) is 5.56 Å². The molecule has 3 fully saturated rings. The first-order chi connectivity index (χ1) is 10.6. The van der Waals surface area contributed by atoms with E-state index in [-0.39, 0.29) is 17.6 Å². The molecule has 4 rings (SSSR count). The zero-order valence-corrected chi connectivity index (χ0v) is 13.2. The summed E-state index contributed by atoms with van der Waals surface area (Å²) in [6.07, 6.45) is 0. The third kappa shape index (κ3) is 2.47. The van der Waals surface area contributed by atoms with Crippen molar-refractivity contribution >= 4 is 0 Å². The van der Waals surface area contributed by atoms with Crippen molar-refractivity contribution in [3.8, 4) is 0 Å². The van der Waals surface area contributed by atoms with Crippen LogP contribution in [0.15, 0.2) is 30.3 Å². The highest BCUT2D eigenvalue weighted by Crippen LogP contribution is 2.44. The van der Waals surface area contributed by atoms with Gasteiger partial charge in [0.1, 0.15) is 5.60 Å². The summed E-state index contributed by atoms with van der Waals surface area (Å²) >= 11 is 0. The number of hydrogen-bond acceptors (Lipinski definition) is 5. The average Bonchev–Trinajstić information content (AvgIpc) is 3.04. The molecule has 5 heteroatoms. The third-order valence-corrected chi connectivity index (χ3v) is 4.86. The van der Waals surface area contributed by atoms with Gasteiger partial charge in [0.15, 0.2) is 5.79 Å². The number of rotatable bonds is 2. The maximum absolute atomic E-state index is 6.24. The third-order valence-electron chi connectivity index (χ3n) is 4.86. The first-order valence-corrected chi connectivity index (χ1v) is 7.93. The van der Waals surface area contributed by atoms with E-state index < -0.39 is 5.79 Å². The molecule has 3 saturated heterocycles. The summed E-state index contributed by atoms with van der Waals surface area (Å²) in [4.78, 5) is 5.98. The molecular formula is C17H23NO4. The molecule has 1 spiro atoms. The van der Waals surface area contributed by atoms with Gasteiger partial charge in [-0.25, -0.2) is 0 Å². The molecule has 0 N–H and O–H groups in total. The highest BCUT2D eigenvalue weighted by Gasteiger charge is 2.58. The second-order valence-electron chi connectivity index (χ2n) is 6.90. The lowest BCUT2D eigenvalue weighted by atomic mass is 9.82. The van der Waals surface area contributed by atoms with Gasteiger partial charge in [0.25, 0.3) is 0 Å². The summed E-state index contributed by atoms with van der Waals surface area (Å²) in [5.41, 5.74) is 0.865. The zero-order valence-electron chi connectivity index (χ0n) is 13.2. The number of hydrogen-bond donors (Lipinski definition) is 0. The van der Waals surface area contributed by atoms with Gasteiger partial charge in [0.2, 0.25) is 0 Å². The van der Waals surface area contributed by atoms with Crippen LogP contribution in [0.3, 0.4) is 0 Å². The van der Waals surface area contributed by atoms with E-state index in [9.17, 15) is 0 Å². The predicted octanol–water partition coefficient (Wildman–Crippen LogP) is 1.97. The Morgan fingerprint density at radius 1 is 1.14 bits per heavy atom. The van der Waals surface area contributed by atoms with Crippen molar-refractivity contribution in [2.45, 2.75) is 37.8 Å². The molecule has 0 amide bonds. The molecule has 0 bridgehead atoms. The molecule has 3 aliphatic rings. The van der Waals surface area contributed by atoms with Crippen molar-refractivity contribution in [2.24, 2.45) is 5.92 Å². The normalized spacial score (nSPS) is 37.5. The van der Waals surface area contributed by atoms with Gasteiger partial charge in [0.05, 0.1) is 32.5 Å². The van der Waals surface area contributed by atoms with Crippen LogP contribution in [0.1, 0.15) is 19.4 Å². The van der Waals surface area contributed by atoms with Crippen molar-refractivity contribution < 1.29 is 19.0 Å². The van der Waals surface area contributed by atoms with E-state index in [1.54, 1.807) is 0 Å². The molecule has 1 aromatic carbocycles. The van der Waals surface area contributed by atoms with Crippen molar-refractivity contribution in [3.63, 3.8) is 0 Å². The fraction of sp³-hybridized carbons (Fsp3) is 0.647. The van der Waals surface area contributed by atoms with Crippen LogP contribution in [0.5, 0.6) is 0 Å². The second kappa shape index (κ2) is 5.28. The lowest BCUT2D eigenvalue weighted by molar-refractivity contribution is -0.209. The minimum absolute atomic E-state index is 0.214. The maximum Gasteiger partial charge on any atom is 0.163 e. The molecule has 0 radical (unpaired) electrons. The Bertz CT molecular complexity index is 535. The first-order valence-electron chi connectivity index (χ1n) is 7.93. The Kier molecular flexibility index (Phi) is 3.51. The smallest absolute Gasteiger partial charge is 0.163 e. The van der Waals surface area contributed by atoms with Gasteiger partial charge < -0.3 is 14.2 Å². The molecule has 0 aliphatic carbocycles. The number of fused-ring (bicyclic) bond motifs is 2. The topological polar surface area (TPSA) is 40.2 Å². The van der Waals surface area contributed by atoms with Gasteiger partial charge >= 0.3 is 0 Å². The van der Waals surface area contributed by atoms with Gasteiger partial charge in [-0.1, -0.05) is 30.3 Å². The van der Waals surface area contributed by atoms with E-state index in [4.69, 9.17) is 19.0 Å². The second-order valence-corrected chi connectivity index (χ2v) is 6.90. The van der Waals surface area contributed by atoms with Crippen LogP contribution in [-0.2, 0) is 25.6 Å². The molecule has 22 heavy (non-hydrogen) atoms. The van der Waals surface area contributed by atoms with Crippen molar-refractivity contribution in [1.29, 1.82) is 0 Å². The Hall–Kier alpha value is -0.980. The number of hydroxylamine groups is 2. The zero-order chi connectivity index (χ0) is 15.2. The Labute approximate surface area is 131 Å². The van der Waals surface area contributed by atoms with Crippen LogP contribution in [0.2, 0.25) is 0 Å². The molecule has 1 aromatic rings. The highest BCUT2D eigenvalue weighted by molar-refractivity contribution is 5.15. The molecule has 0 saturated carbocycles. The molecule has 3 atom stereocenters. The van der Waals surface area contributed by atoms with Crippen LogP contribution in [0, 0.1) is 5.92 Å². The Morgan fingerprint density at radius 2 is 1.95 bits per heavy atom. The standard InChI is InChI=1S/C17H23NO4/c1-16(2)20-12-17(22-16)11-19-10-15-14(17)9-21-18(15)8-13-6-4-3-5-7-13/h3-7,14-15H,8-12H2,1-2H3/t14-,15-,17?/m0/s1. The molecule has 0 aromatic heterocycles. The molecule has 3 aliphatic heterocycles. The fourth-order valence-electron chi connectivity index (χ4n) is 3.77. The van der Waals surface area contributed by atoms with E-state index in [0.29, 0.717) is 26.4 Å². The van der Waals surface area contributed by atoms with Crippen LogP contribution in [-0.4, -0.2) is 48.9 Å². The van der Waals surface area contributed by atoms with Crippen molar-refractivity contribution in [2.75, 3.05) is 26.4 Å². The molecule has 3 heterocycles. The number of nitrogens with zero attached hydrogens (tertiary/aromatic N) is 1. The Morgan fingerprint density at radius 3 is 2.68 bits per heavy atom. The van der Waals surface area contributed by atoms with Gasteiger partial charge in [-0.15, -0.1) is 0 Å². The van der Waals surface area contributed by atoms with Crippen LogP contribution < -0.4 is 0 Å². The lowest BCUT2D eigenvalue weighted by Gasteiger charge is -2.41. The van der Waals surface area contributed by atoms with Gasteiger partial charge in [0, 0.05) is 12.5 Å². The fourth-order valence-corrected chi connectivity index (χ4v) is 3.77. The predicted molar refractivity (Wildman–Crippen MR) is 79.9 cm³/mol. The summed E-state index contributed by atoms with van der Waals surface area (Å²) < 4.78 is 17.9. The monoisotopic (exact) mass is 305 g/mol. The van der Waals surface area contributed by atoms with Crippen molar-refractivity contribution in [3.05, 3.63) is 35.9 Å². The summed E-state index contributed by atoms with van der Waals surface area (Å²) in [6, 6.07) is 10.6. The molecule has 120 valence electrons.